The summed E-state index contributed by atoms with van der Waals surface area (Å²) in [5.41, 5.74) is 1.97. The lowest BCUT2D eigenvalue weighted by atomic mass is 10.1. The number of hydrogen-bond acceptors (Lipinski definition) is 6. The monoisotopic (exact) mass is 398 g/mol. The molecule has 142 valence electrons. The van der Waals surface area contributed by atoms with Crippen LogP contribution in [0, 0.1) is 6.92 Å². The average molecular weight is 399 g/mol. The number of halogens is 1. The number of esters is 1. The van der Waals surface area contributed by atoms with Crippen molar-refractivity contribution >= 4 is 34.6 Å². The van der Waals surface area contributed by atoms with Crippen molar-refractivity contribution in [1.82, 2.24) is 0 Å². The second-order valence-corrected chi connectivity index (χ2v) is 6.65. The topological polar surface area (TPSA) is 75.0 Å². The number of carbonyl (C=O) groups excluding carboxylic acids is 1. The summed E-state index contributed by atoms with van der Waals surface area (Å²) in [5.74, 6) is 0.755. The Kier molecular flexibility index (Phi) is 4.79. The Morgan fingerprint density at radius 1 is 1.18 bits per heavy atom. The van der Waals surface area contributed by atoms with E-state index >= 15 is 0 Å². The molecular formula is C21H15ClO6. The maximum absolute atomic E-state index is 12.1. The van der Waals surface area contributed by atoms with Gasteiger partial charge in [0.15, 0.2) is 11.5 Å². The van der Waals surface area contributed by atoms with E-state index in [4.69, 9.17) is 30.2 Å². The van der Waals surface area contributed by atoms with Gasteiger partial charge in [0, 0.05) is 28.1 Å². The van der Waals surface area contributed by atoms with Gasteiger partial charge in [0.2, 0.25) is 6.79 Å². The Balaban J connectivity index is 1.49. The van der Waals surface area contributed by atoms with Gasteiger partial charge in [0.05, 0.1) is 0 Å². The Morgan fingerprint density at radius 3 is 2.86 bits per heavy atom. The zero-order valence-corrected chi connectivity index (χ0v) is 15.6. The summed E-state index contributed by atoms with van der Waals surface area (Å²) in [4.78, 5) is 23.8. The van der Waals surface area contributed by atoms with Gasteiger partial charge in [-0.1, -0.05) is 17.7 Å². The molecule has 0 aliphatic carbocycles. The first-order chi connectivity index (χ1) is 13.5. The summed E-state index contributed by atoms with van der Waals surface area (Å²) in [6.07, 6.45) is 2.92. The van der Waals surface area contributed by atoms with Gasteiger partial charge in [-0.05, 0) is 48.4 Å². The average Bonchev–Trinajstić information content (AvgIpc) is 3.13. The van der Waals surface area contributed by atoms with Gasteiger partial charge in [0.25, 0.3) is 0 Å². The van der Waals surface area contributed by atoms with Crippen LogP contribution in [0.5, 0.6) is 11.5 Å². The molecular weight excluding hydrogens is 384 g/mol. The van der Waals surface area contributed by atoms with Crippen LogP contribution in [0.15, 0.2) is 51.7 Å². The summed E-state index contributed by atoms with van der Waals surface area (Å²) in [6, 6.07) is 10.0. The minimum absolute atomic E-state index is 0.0776. The number of ether oxygens (including phenoxy) is 3. The van der Waals surface area contributed by atoms with E-state index < -0.39 is 11.6 Å². The first-order valence-corrected chi connectivity index (χ1v) is 8.85. The van der Waals surface area contributed by atoms with E-state index in [1.54, 1.807) is 36.4 Å². The van der Waals surface area contributed by atoms with E-state index in [0.29, 0.717) is 33.1 Å². The lowest BCUT2D eigenvalue weighted by molar-refractivity contribution is -0.138. The molecule has 0 atom stereocenters. The molecule has 1 aromatic heterocycles. The van der Waals surface area contributed by atoms with Crippen molar-refractivity contribution in [3.63, 3.8) is 0 Å². The van der Waals surface area contributed by atoms with Crippen LogP contribution in [-0.4, -0.2) is 12.8 Å². The first-order valence-electron chi connectivity index (χ1n) is 8.47. The normalized spacial score (nSPS) is 12.6. The van der Waals surface area contributed by atoms with Crippen LogP contribution in [0.1, 0.15) is 16.7 Å². The van der Waals surface area contributed by atoms with Gasteiger partial charge in [-0.3, -0.25) is 0 Å². The highest BCUT2D eigenvalue weighted by Crippen LogP contribution is 2.32. The van der Waals surface area contributed by atoms with E-state index in [1.165, 1.54) is 12.1 Å². The molecule has 0 unspecified atom stereocenters. The summed E-state index contributed by atoms with van der Waals surface area (Å²) in [5, 5.41) is 1.17. The van der Waals surface area contributed by atoms with Crippen LogP contribution in [0.3, 0.4) is 0 Å². The second-order valence-electron chi connectivity index (χ2n) is 6.24. The maximum Gasteiger partial charge on any atom is 0.336 e. The third kappa shape index (κ3) is 3.73. The van der Waals surface area contributed by atoms with Gasteiger partial charge in [0.1, 0.15) is 12.2 Å². The van der Waals surface area contributed by atoms with Gasteiger partial charge in [-0.25, -0.2) is 9.59 Å². The Bertz CT molecular complexity index is 1160. The molecule has 4 rings (SSSR count). The third-order valence-corrected chi connectivity index (χ3v) is 4.70. The number of aryl methyl sites for hydroxylation is 1. The molecule has 0 bridgehead atoms. The van der Waals surface area contributed by atoms with Crippen LogP contribution in [0.25, 0.3) is 17.0 Å². The summed E-state index contributed by atoms with van der Waals surface area (Å²) >= 11 is 6.16. The molecule has 1 aliphatic rings. The molecule has 0 amide bonds. The highest BCUT2D eigenvalue weighted by Gasteiger charge is 2.13. The Morgan fingerprint density at radius 2 is 2.00 bits per heavy atom. The molecule has 28 heavy (non-hydrogen) atoms. The first kappa shape index (κ1) is 18.1. The standard InChI is InChI=1S/C21H15ClO6/c1-12-6-18-15(9-16(12)22)14(8-21(24)28-18)10-25-20(23)5-3-13-2-4-17-19(7-13)27-11-26-17/h2-9H,10-11H2,1H3/b5-3+. The molecule has 2 heterocycles. The fraction of sp³-hybridized carbons (Fsp3) is 0.143. The van der Waals surface area contributed by atoms with E-state index in [2.05, 4.69) is 0 Å². The summed E-state index contributed by atoms with van der Waals surface area (Å²) in [7, 11) is 0. The smallest absolute Gasteiger partial charge is 0.336 e. The van der Waals surface area contributed by atoms with Crippen molar-refractivity contribution in [2.24, 2.45) is 0 Å². The largest absolute Gasteiger partial charge is 0.458 e. The molecule has 3 aromatic rings. The van der Waals surface area contributed by atoms with Crippen molar-refractivity contribution in [3.05, 3.63) is 74.6 Å². The lowest BCUT2D eigenvalue weighted by Gasteiger charge is -2.07. The quantitative estimate of drug-likeness (QED) is 0.372. The molecule has 0 fully saturated rings. The summed E-state index contributed by atoms with van der Waals surface area (Å²) in [6.45, 7) is 1.92. The molecule has 1 aliphatic heterocycles. The van der Waals surface area contributed by atoms with Crippen molar-refractivity contribution in [2.75, 3.05) is 6.79 Å². The minimum atomic E-state index is -0.544. The number of fused-ring (bicyclic) bond motifs is 2. The molecule has 0 N–H and O–H groups in total. The third-order valence-electron chi connectivity index (χ3n) is 4.29. The van der Waals surface area contributed by atoms with Gasteiger partial charge >= 0.3 is 11.6 Å². The second kappa shape index (κ2) is 7.40. The van der Waals surface area contributed by atoms with Crippen LogP contribution in [0.2, 0.25) is 5.02 Å². The molecule has 0 radical (unpaired) electrons. The van der Waals surface area contributed by atoms with E-state index in [0.717, 1.165) is 11.1 Å². The zero-order valence-electron chi connectivity index (χ0n) is 14.9. The highest BCUT2D eigenvalue weighted by atomic mass is 35.5. The van der Waals surface area contributed by atoms with Crippen LogP contribution in [0.4, 0.5) is 0 Å². The number of benzene rings is 2. The van der Waals surface area contributed by atoms with Crippen LogP contribution >= 0.6 is 11.6 Å². The van der Waals surface area contributed by atoms with E-state index in [1.807, 2.05) is 6.92 Å². The van der Waals surface area contributed by atoms with Crippen LogP contribution in [-0.2, 0) is 16.1 Å². The minimum Gasteiger partial charge on any atom is -0.458 e. The molecule has 7 heteroatoms. The van der Waals surface area contributed by atoms with Crippen molar-refractivity contribution in [3.8, 4) is 11.5 Å². The number of carbonyl (C=O) groups is 1. The van der Waals surface area contributed by atoms with Crippen molar-refractivity contribution < 1.29 is 23.4 Å². The maximum atomic E-state index is 12.1. The van der Waals surface area contributed by atoms with E-state index in [-0.39, 0.29) is 13.4 Å². The van der Waals surface area contributed by atoms with Gasteiger partial charge in [-0.2, -0.15) is 0 Å². The van der Waals surface area contributed by atoms with Crippen molar-refractivity contribution in [1.29, 1.82) is 0 Å². The Hall–Kier alpha value is -3.25. The van der Waals surface area contributed by atoms with Gasteiger partial charge < -0.3 is 18.6 Å². The predicted octanol–water partition coefficient (Wildman–Crippen LogP) is 4.24. The van der Waals surface area contributed by atoms with Crippen molar-refractivity contribution in [2.45, 2.75) is 13.5 Å². The van der Waals surface area contributed by atoms with E-state index in [9.17, 15) is 9.59 Å². The lowest BCUT2D eigenvalue weighted by Crippen LogP contribution is -2.05. The summed E-state index contributed by atoms with van der Waals surface area (Å²) < 4.78 is 21.0. The highest BCUT2D eigenvalue weighted by molar-refractivity contribution is 6.32. The van der Waals surface area contributed by atoms with Crippen LogP contribution < -0.4 is 15.1 Å². The molecule has 6 nitrogen and oxygen atoms in total. The molecule has 0 spiro atoms. The Labute approximate surface area is 164 Å². The fourth-order valence-corrected chi connectivity index (χ4v) is 3.01. The number of rotatable bonds is 4. The molecule has 0 saturated carbocycles. The fourth-order valence-electron chi connectivity index (χ4n) is 2.85. The SMILES string of the molecule is Cc1cc2oc(=O)cc(COC(=O)/C=C/c3ccc4c(c3)OCO4)c2cc1Cl. The zero-order chi connectivity index (χ0) is 19.7. The molecule has 0 saturated heterocycles. The number of hydrogen-bond donors (Lipinski definition) is 0. The predicted molar refractivity (Wildman–Crippen MR) is 104 cm³/mol. The van der Waals surface area contributed by atoms with Gasteiger partial charge in [-0.15, -0.1) is 0 Å². The molecule has 2 aromatic carbocycles.